The van der Waals surface area contributed by atoms with Crippen LogP contribution in [-0.4, -0.2) is 16.0 Å². The molecule has 108 valence electrons. The Morgan fingerprint density at radius 3 is 2.60 bits per heavy atom. The average Bonchev–Trinajstić information content (AvgIpc) is 2.95. The second-order valence-electron chi connectivity index (χ2n) is 5.38. The van der Waals surface area contributed by atoms with Crippen molar-refractivity contribution >= 4 is 0 Å². The Labute approximate surface area is 121 Å². The largest absolute Gasteiger partial charge is 0.341 e. The molecule has 3 nitrogen and oxygen atoms in total. The molecule has 1 atom stereocenters. The van der Waals surface area contributed by atoms with E-state index in [0.717, 1.165) is 30.9 Å². The molecule has 20 heavy (non-hydrogen) atoms. The number of nitrogens with one attached hydrogen (secondary N) is 2. The second-order valence-corrected chi connectivity index (χ2v) is 5.38. The van der Waals surface area contributed by atoms with Crippen molar-refractivity contribution in [2.45, 2.75) is 52.6 Å². The van der Waals surface area contributed by atoms with Crippen molar-refractivity contribution in [3.05, 3.63) is 41.9 Å². The molecule has 0 radical (unpaired) electrons. The summed E-state index contributed by atoms with van der Waals surface area (Å²) in [6.07, 6.45) is 5.39. The summed E-state index contributed by atoms with van der Waals surface area (Å²) in [6, 6.07) is 9.28. The third kappa shape index (κ3) is 3.94. The van der Waals surface area contributed by atoms with Gasteiger partial charge in [-0.1, -0.05) is 44.5 Å². The molecule has 0 aliphatic rings. The van der Waals surface area contributed by atoms with Crippen LogP contribution in [0.1, 0.15) is 45.0 Å². The fourth-order valence-corrected chi connectivity index (χ4v) is 2.15. The lowest BCUT2D eigenvalue weighted by Crippen LogP contribution is -2.24. The highest BCUT2D eigenvalue weighted by Gasteiger charge is 2.04. The van der Waals surface area contributed by atoms with Gasteiger partial charge in [-0.3, -0.25) is 0 Å². The predicted molar refractivity (Wildman–Crippen MR) is 84.6 cm³/mol. The Morgan fingerprint density at radius 2 is 1.95 bits per heavy atom. The first-order valence-corrected chi connectivity index (χ1v) is 7.59. The summed E-state index contributed by atoms with van der Waals surface area (Å²) in [5.74, 6) is 0.998. The Balaban J connectivity index is 2.00. The molecule has 0 spiro atoms. The van der Waals surface area contributed by atoms with E-state index in [0.29, 0.717) is 6.04 Å². The van der Waals surface area contributed by atoms with E-state index in [-0.39, 0.29) is 0 Å². The fraction of sp³-hybridized carbons (Fsp3) is 0.471. The van der Waals surface area contributed by atoms with Crippen molar-refractivity contribution in [1.29, 1.82) is 0 Å². The van der Waals surface area contributed by atoms with Crippen LogP contribution in [0.5, 0.6) is 0 Å². The minimum absolute atomic E-state index is 0.525. The topological polar surface area (TPSA) is 40.7 Å². The standard InChI is InChI=1S/C17H25N3/c1-4-6-14-7-9-15(10-8-14)16-11-19-17(20-16)12-18-13(3)5-2/h7-11,13,18H,4-6,12H2,1-3H3,(H,19,20). The maximum atomic E-state index is 4.44. The van der Waals surface area contributed by atoms with Gasteiger partial charge in [-0.2, -0.15) is 0 Å². The van der Waals surface area contributed by atoms with E-state index in [4.69, 9.17) is 0 Å². The van der Waals surface area contributed by atoms with Gasteiger partial charge in [-0.15, -0.1) is 0 Å². The fourth-order valence-electron chi connectivity index (χ4n) is 2.15. The summed E-state index contributed by atoms with van der Waals surface area (Å²) in [5.41, 5.74) is 3.69. The zero-order valence-corrected chi connectivity index (χ0v) is 12.7. The van der Waals surface area contributed by atoms with Crippen molar-refractivity contribution in [3.63, 3.8) is 0 Å². The highest BCUT2D eigenvalue weighted by Crippen LogP contribution is 2.18. The van der Waals surface area contributed by atoms with Crippen LogP contribution >= 0.6 is 0 Å². The Hall–Kier alpha value is -1.61. The van der Waals surface area contributed by atoms with Gasteiger partial charge >= 0.3 is 0 Å². The molecule has 0 aliphatic carbocycles. The molecule has 0 aliphatic heterocycles. The second kappa shape index (κ2) is 7.25. The molecule has 0 saturated carbocycles. The molecule has 1 unspecified atom stereocenters. The molecule has 1 aromatic heterocycles. The molecular formula is C17H25N3. The summed E-state index contributed by atoms with van der Waals surface area (Å²) >= 11 is 0. The minimum Gasteiger partial charge on any atom is -0.341 e. The van der Waals surface area contributed by atoms with E-state index in [1.54, 1.807) is 0 Å². The summed E-state index contributed by atoms with van der Waals surface area (Å²) in [6.45, 7) is 7.38. The molecular weight excluding hydrogens is 246 g/mol. The van der Waals surface area contributed by atoms with E-state index in [9.17, 15) is 0 Å². The number of aromatic amines is 1. The number of rotatable bonds is 7. The minimum atomic E-state index is 0.525. The van der Waals surface area contributed by atoms with Gasteiger partial charge in [0.2, 0.25) is 0 Å². The Morgan fingerprint density at radius 1 is 1.20 bits per heavy atom. The molecule has 0 amide bonds. The quantitative estimate of drug-likeness (QED) is 0.801. The first-order valence-electron chi connectivity index (χ1n) is 7.59. The molecule has 1 heterocycles. The molecule has 0 fully saturated rings. The van der Waals surface area contributed by atoms with Gasteiger partial charge in [0.05, 0.1) is 18.4 Å². The number of aryl methyl sites for hydroxylation is 1. The summed E-state index contributed by atoms with van der Waals surface area (Å²) in [5, 5.41) is 3.45. The molecule has 2 rings (SSSR count). The van der Waals surface area contributed by atoms with E-state index in [2.05, 4.69) is 60.3 Å². The molecule has 0 saturated heterocycles. The lowest BCUT2D eigenvalue weighted by atomic mass is 10.1. The highest BCUT2D eigenvalue weighted by atomic mass is 15.0. The van der Waals surface area contributed by atoms with Gasteiger partial charge in [0, 0.05) is 6.04 Å². The predicted octanol–water partition coefficient (Wildman–Crippen LogP) is 3.92. The van der Waals surface area contributed by atoms with Crippen molar-refractivity contribution in [1.82, 2.24) is 15.3 Å². The third-order valence-corrected chi connectivity index (χ3v) is 3.66. The lowest BCUT2D eigenvalue weighted by molar-refractivity contribution is 0.525. The third-order valence-electron chi connectivity index (χ3n) is 3.66. The first-order chi connectivity index (χ1) is 9.72. The van der Waals surface area contributed by atoms with E-state index >= 15 is 0 Å². The maximum absolute atomic E-state index is 4.44. The van der Waals surface area contributed by atoms with Crippen LogP contribution in [0.25, 0.3) is 11.3 Å². The van der Waals surface area contributed by atoms with Crippen molar-refractivity contribution in [2.24, 2.45) is 0 Å². The molecule has 2 aromatic rings. The number of H-pyrrole nitrogens is 1. The van der Waals surface area contributed by atoms with Crippen molar-refractivity contribution < 1.29 is 0 Å². The normalized spacial score (nSPS) is 12.6. The number of hydrogen-bond acceptors (Lipinski definition) is 2. The van der Waals surface area contributed by atoms with Crippen molar-refractivity contribution in [2.75, 3.05) is 0 Å². The van der Waals surface area contributed by atoms with Crippen LogP contribution in [0, 0.1) is 0 Å². The van der Waals surface area contributed by atoms with E-state index in [1.807, 2.05) is 6.20 Å². The van der Waals surface area contributed by atoms with Crippen LogP contribution in [0.15, 0.2) is 30.5 Å². The molecule has 3 heteroatoms. The number of hydrogen-bond donors (Lipinski definition) is 2. The monoisotopic (exact) mass is 271 g/mol. The number of imidazole rings is 1. The van der Waals surface area contributed by atoms with Crippen LogP contribution in [-0.2, 0) is 13.0 Å². The number of benzene rings is 1. The summed E-state index contributed by atoms with van der Waals surface area (Å²) in [4.78, 5) is 7.83. The van der Waals surface area contributed by atoms with Gasteiger partial charge < -0.3 is 10.3 Å². The van der Waals surface area contributed by atoms with Crippen LogP contribution in [0.4, 0.5) is 0 Å². The van der Waals surface area contributed by atoms with Gasteiger partial charge in [0.1, 0.15) is 5.82 Å². The van der Waals surface area contributed by atoms with Crippen LogP contribution in [0.3, 0.4) is 0 Å². The summed E-state index contributed by atoms with van der Waals surface area (Å²) in [7, 11) is 0. The first kappa shape index (κ1) is 14.8. The average molecular weight is 271 g/mol. The highest BCUT2D eigenvalue weighted by molar-refractivity contribution is 5.58. The zero-order chi connectivity index (χ0) is 14.4. The van der Waals surface area contributed by atoms with E-state index in [1.165, 1.54) is 17.5 Å². The molecule has 0 bridgehead atoms. The van der Waals surface area contributed by atoms with Crippen LogP contribution in [0.2, 0.25) is 0 Å². The van der Waals surface area contributed by atoms with Gasteiger partial charge in [-0.25, -0.2) is 4.98 Å². The van der Waals surface area contributed by atoms with E-state index < -0.39 is 0 Å². The zero-order valence-electron chi connectivity index (χ0n) is 12.7. The summed E-state index contributed by atoms with van der Waals surface area (Å²) < 4.78 is 0. The maximum Gasteiger partial charge on any atom is 0.120 e. The smallest absolute Gasteiger partial charge is 0.120 e. The van der Waals surface area contributed by atoms with Crippen LogP contribution < -0.4 is 5.32 Å². The molecule has 2 N–H and O–H groups in total. The van der Waals surface area contributed by atoms with Crippen molar-refractivity contribution in [3.8, 4) is 11.3 Å². The number of aromatic nitrogens is 2. The van der Waals surface area contributed by atoms with Gasteiger partial charge in [-0.05, 0) is 30.9 Å². The molecule has 1 aromatic carbocycles. The van der Waals surface area contributed by atoms with Gasteiger partial charge in [0.15, 0.2) is 0 Å². The Kier molecular flexibility index (Phi) is 5.36. The van der Waals surface area contributed by atoms with Gasteiger partial charge in [0.25, 0.3) is 0 Å². The Bertz CT molecular complexity index is 513. The SMILES string of the molecule is CCCc1ccc(-c2cnc(CNC(C)CC)[nH]2)cc1. The lowest BCUT2D eigenvalue weighted by Gasteiger charge is -2.08. The number of nitrogens with zero attached hydrogens (tertiary/aromatic N) is 1.